The fourth-order valence-electron chi connectivity index (χ4n) is 5.56. The summed E-state index contributed by atoms with van der Waals surface area (Å²) in [5, 5.41) is 7.17. The Morgan fingerprint density at radius 1 is 0.969 bits per heavy atom. The van der Waals surface area contributed by atoms with Gasteiger partial charge in [0, 0.05) is 29.9 Å². The molecule has 0 radical (unpaired) electrons. The number of carbonyl (C=O) groups excluding carboxylic acids is 5. The molecule has 0 fully saturated rings. The highest BCUT2D eigenvalue weighted by molar-refractivity contribution is 7.07. The number of imidazole rings is 1. The van der Waals surface area contributed by atoms with Gasteiger partial charge in [-0.2, -0.15) is 4.90 Å². The van der Waals surface area contributed by atoms with Gasteiger partial charge in [0.2, 0.25) is 5.60 Å². The number of ether oxygens (including phenoxy) is 5. The van der Waals surface area contributed by atoms with Crippen molar-refractivity contribution < 1.29 is 47.7 Å². The second-order valence-corrected chi connectivity index (χ2v) is 16.6. The lowest BCUT2D eigenvalue weighted by molar-refractivity contribution is -0.183. The minimum atomic E-state index is -1.67. The first-order valence-corrected chi connectivity index (χ1v) is 22.4. The van der Waals surface area contributed by atoms with E-state index in [-0.39, 0.29) is 54.9 Å². The summed E-state index contributed by atoms with van der Waals surface area (Å²) in [6, 6.07) is 6.68. The van der Waals surface area contributed by atoms with Crippen LogP contribution in [0.2, 0.25) is 0 Å². The molecule has 0 aliphatic heterocycles. The fourth-order valence-corrected chi connectivity index (χ4v) is 6.17. The number of imide groups is 1. The van der Waals surface area contributed by atoms with Crippen LogP contribution < -0.4 is 15.5 Å². The van der Waals surface area contributed by atoms with E-state index in [1.807, 2.05) is 34.5 Å². The van der Waals surface area contributed by atoms with E-state index in [1.54, 1.807) is 102 Å². The van der Waals surface area contributed by atoms with Crippen LogP contribution in [0.15, 0.2) is 41.5 Å². The number of alkyl halides is 1. The molecule has 358 valence electrons. The van der Waals surface area contributed by atoms with Gasteiger partial charge in [-0.25, -0.2) is 39.1 Å². The molecule has 2 N–H and O–H groups in total. The Morgan fingerprint density at radius 2 is 1.55 bits per heavy atom. The van der Waals surface area contributed by atoms with E-state index in [0.29, 0.717) is 28.4 Å². The number of anilines is 2. The summed E-state index contributed by atoms with van der Waals surface area (Å²) < 4.78 is 31.3. The Morgan fingerprint density at radius 3 is 2.05 bits per heavy atom. The largest absolute Gasteiger partial charge is 0.464 e. The molecule has 0 aliphatic rings. The molecular formula is C45H65ClN8O10S. The number of hydrogen-bond donors (Lipinski definition) is 2. The highest BCUT2D eigenvalue weighted by Gasteiger charge is 2.46. The van der Waals surface area contributed by atoms with Gasteiger partial charge in [0.15, 0.2) is 17.0 Å². The molecule has 0 saturated carbocycles. The van der Waals surface area contributed by atoms with Crippen molar-refractivity contribution in [1.82, 2.24) is 29.8 Å². The Labute approximate surface area is 391 Å². The molecule has 3 unspecified atom stereocenters. The van der Waals surface area contributed by atoms with Crippen LogP contribution in [0.1, 0.15) is 113 Å². The van der Waals surface area contributed by atoms with Crippen LogP contribution in [0.4, 0.5) is 25.9 Å². The van der Waals surface area contributed by atoms with Crippen molar-refractivity contribution in [2.24, 2.45) is 0 Å². The number of urea groups is 1. The molecule has 3 aromatic heterocycles. The average molecular weight is 946 g/mol. The van der Waals surface area contributed by atoms with Crippen LogP contribution in [-0.4, -0.2) is 98.4 Å². The van der Waals surface area contributed by atoms with Crippen LogP contribution in [-0.2, 0) is 45.3 Å². The van der Waals surface area contributed by atoms with Crippen molar-refractivity contribution in [3.8, 4) is 12.3 Å². The smallest absolute Gasteiger partial charge is 0.425 e. The topological polar surface area (TPSA) is 215 Å². The van der Waals surface area contributed by atoms with Gasteiger partial charge in [0.05, 0.1) is 43.3 Å². The Hall–Kier alpha value is -5.68. The number of fused-ring (bicyclic) bond motifs is 1. The molecule has 65 heavy (non-hydrogen) atoms. The number of benzene rings is 1. The minimum absolute atomic E-state index is 0.0435. The van der Waals surface area contributed by atoms with Crippen LogP contribution in [0.25, 0.3) is 11.2 Å². The Kier molecular flexibility index (Phi) is 24.3. The number of halogens is 1. The number of hydrogen-bond acceptors (Lipinski definition) is 15. The maximum atomic E-state index is 13.9. The summed E-state index contributed by atoms with van der Waals surface area (Å²) >= 11 is 6.30. The molecule has 20 heteroatoms. The maximum Gasteiger partial charge on any atom is 0.425 e. The van der Waals surface area contributed by atoms with Crippen molar-refractivity contribution in [1.29, 1.82) is 0 Å². The summed E-state index contributed by atoms with van der Waals surface area (Å²) in [6.07, 6.45) is 3.72. The van der Waals surface area contributed by atoms with Crippen molar-refractivity contribution in [2.75, 3.05) is 35.9 Å². The third-order valence-electron chi connectivity index (χ3n) is 7.89. The fraction of sp³-hybridized carbons (Fsp3) is 0.533. The summed E-state index contributed by atoms with van der Waals surface area (Å²) in [4.78, 5) is 79.7. The number of nitrogens with zero attached hydrogens (tertiary/aromatic N) is 6. The molecule has 4 aromatic rings. The SMILES string of the molecule is C#CCC(OC(C)COC(Cc1ccc(NC(=O)NCC)cc1)(C(=O)OCC)c1cscn1)n1cnc2c(N(C(=O)OC(C)(C)C)C(=O)OC(C)(C)C)nc(C)nc21.C=O.CC.CCCl. The maximum absolute atomic E-state index is 13.9. The zero-order valence-corrected chi connectivity index (χ0v) is 41.3. The molecule has 0 saturated heterocycles. The molecule has 1 aromatic carbocycles. The molecule has 3 heterocycles. The number of esters is 1. The summed E-state index contributed by atoms with van der Waals surface area (Å²) in [6.45, 7) is 25.2. The lowest BCUT2D eigenvalue weighted by atomic mass is 9.91. The third-order valence-corrected chi connectivity index (χ3v) is 8.48. The second kappa shape index (κ2) is 27.6. The molecule has 0 spiro atoms. The molecular weight excluding hydrogens is 880 g/mol. The van der Waals surface area contributed by atoms with Gasteiger partial charge >= 0.3 is 24.2 Å². The van der Waals surface area contributed by atoms with Crippen molar-refractivity contribution in [2.45, 2.75) is 132 Å². The van der Waals surface area contributed by atoms with Crippen molar-refractivity contribution in [3.05, 3.63) is 58.6 Å². The van der Waals surface area contributed by atoms with E-state index in [9.17, 15) is 19.2 Å². The van der Waals surface area contributed by atoms with E-state index in [1.165, 1.54) is 17.7 Å². The van der Waals surface area contributed by atoms with Gasteiger partial charge in [0.1, 0.15) is 30.0 Å². The predicted octanol–water partition coefficient (Wildman–Crippen LogP) is 9.14. The number of aryl methyl sites for hydroxylation is 1. The quantitative estimate of drug-likeness (QED) is 0.0492. The first-order valence-electron chi connectivity index (χ1n) is 21.0. The standard InChI is InChI=1S/C40H52N8O9S.C2H5Cl.C2H6.CH2O/c1-12-15-30(47-23-42-31-32(47)44-26(5)45-33(31)48(36(51)56-38(6,7)8)37(52)57-39(9,10)11)55-25(4)21-54-40(34(49)53-14-3,29-22-58-24-43-29)20-27-16-18-28(19-17-27)46-35(50)41-13-2;1-2-3;2*1-2/h1,16-19,22-25,30H,13-15,20-21H2,2-11H3,(H2,41,46,50);2H2,1H3;1-2H3;1H2. The summed E-state index contributed by atoms with van der Waals surface area (Å²) in [5.74, 6) is 2.75. The monoisotopic (exact) mass is 944 g/mol. The van der Waals surface area contributed by atoms with Crippen molar-refractivity contribution in [3.63, 3.8) is 0 Å². The van der Waals surface area contributed by atoms with E-state index >= 15 is 0 Å². The zero-order valence-electron chi connectivity index (χ0n) is 39.8. The lowest BCUT2D eigenvalue weighted by Crippen LogP contribution is -2.44. The highest BCUT2D eigenvalue weighted by atomic mass is 35.5. The number of terminal acetylenes is 1. The van der Waals surface area contributed by atoms with Gasteiger partial charge in [0.25, 0.3) is 0 Å². The first kappa shape index (κ1) is 57.3. The van der Waals surface area contributed by atoms with Crippen LogP contribution in [0, 0.1) is 19.3 Å². The Balaban J connectivity index is 0.00000285. The normalized spacial score (nSPS) is 12.7. The van der Waals surface area contributed by atoms with Crippen molar-refractivity contribution >= 4 is 76.6 Å². The van der Waals surface area contributed by atoms with E-state index < -0.39 is 47.3 Å². The van der Waals surface area contributed by atoms with Crippen LogP contribution in [0.5, 0.6) is 0 Å². The predicted molar refractivity (Wildman–Crippen MR) is 252 cm³/mol. The molecule has 3 atom stereocenters. The van der Waals surface area contributed by atoms with Crippen LogP contribution in [0.3, 0.4) is 0 Å². The average Bonchev–Trinajstić information content (AvgIpc) is 3.92. The summed E-state index contributed by atoms with van der Waals surface area (Å²) in [5.41, 5.74) is -0.0632. The number of nitrogens with one attached hydrogen (secondary N) is 2. The Bertz CT molecular complexity index is 2110. The number of thiazole rings is 1. The molecule has 0 aliphatic carbocycles. The molecule has 4 rings (SSSR count). The number of carbonyl (C=O) groups is 5. The second-order valence-electron chi connectivity index (χ2n) is 15.4. The van der Waals surface area contributed by atoms with Gasteiger partial charge < -0.3 is 39.1 Å². The number of rotatable bonds is 15. The molecule has 4 amide bonds. The lowest BCUT2D eigenvalue weighted by Gasteiger charge is -2.32. The highest BCUT2D eigenvalue weighted by Crippen LogP contribution is 2.34. The van der Waals surface area contributed by atoms with Crippen LogP contribution >= 0.6 is 22.9 Å². The summed E-state index contributed by atoms with van der Waals surface area (Å²) in [7, 11) is 0. The number of aromatic nitrogens is 5. The van der Waals surface area contributed by atoms with Gasteiger partial charge in [-0.05, 0) is 86.9 Å². The first-order chi connectivity index (χ1) is 30.7. The van der Waals surface area contributed by atoms with Gasteiger partial charge in [-0.1, -0.05) is 32.9 Å². The molecule has 18 nitrogen and oxygen atoms in total. The van der Waals surface area contributed by atoms with Gasteiger partial charge in [-0.15, -0.1) is 35.3 Å². The van der Waals surface area contributed by atoms with E-state index in [0.717, 1.165) is 5.88 Å². The minimum Gasteiger partial charge on any atom is -0.464 e. The van der Waals surface area contributed by atoms with E-state index in [2.05, 4.69) is 36.5 Å². The van der Waals surface area contributed by atoms with E-state index in [4.69, 9.17) is 46.5 Å². The third kappa shape index (κ3) is 17.7. The zero-order chi connectivity index (χ0) is 49.5. The van der Waals surface area contributed by atoms with Gasteiger partial charge in [-0.3, -0.25) is 4.57 Å². The number of amides is 4. The molecule has 0 bridgehead atoms.